The van der Waals surface area contributed by atoms with Gasteiger partial charge >= 0.3 is 0 Å². The quantitative estimate of drug-likeness (QED) is 0.819. The van der Waals surface area contributed by atoms with E-state index in [2.05, 4.69) is 5.10 Å². The number of aryl methyl sites for hydroxylation is 1. The number of rotatable bonds is 4. The summed E-state index contributed by atoms with van der Waals surface area (Å²) in [4.78, 5) is 14.8. The van der Waals surface area contributed by atoms with Gasteiger partial charge in [0.05, 0.1) is 25.0 Å². The van der Waals surface area contributed by atoms with E-state index in [4.69, 9.17) is 21.1 Å². The third-order valence-electron chi connectivity index (χ3n) is 4.69. The first kappa shape index (κ1) is 18.7. The van der Waals surface area contributed by atoms with Gasteiger partial charge in [-0.05, 0) is 32.0 Å². The van der Waals surface area contributed by atoms with E-state index in [0.717, 1.165) is 16.8 Å². The van der Waals surface area contributed by atoms with Gasteiger partial charge in [0.2, 0.25) is 0 Å². The maximum atomic E-state index is 13.2. The van der Waals surface area contributed by atoms with Crippen LogP contribution in [-0.2, 0) is 24.8 Å². The number of fused-ring (bicyclic) bond motifs is 1. The average Bonchev–Trinajstić information content (AvgIpc) is 2.90. The van der Waals surface area contributed by atoms with Crippen molar-refractivity contribution in [1.82, 2.24) is 14.7 Å². The lowest BCUT2D eigenvalue weighted by atomic mass is 9.99. The summed E-state index contributed by atoms with van der Waals surface area (Å²) in [6.07, 6.45) is 0.634. The lowest BCUT2D eigenvalue weighted by Gasteiger charge is -2.25. The molecule has 0 saturated carbocycles. The van der Waals surface area contributed by atoms with E-state index in [1.807, 2.05) is 26.0 Å². The molecule has 1 aromatic carbocycles. The van der Waals surface area contributed by atoms with Crippen LogP contribution in [0.3, 0.4) is 0 Å². The Bertz CT molecular complexity index is 834. The molecule has 2 atom stereocenters. The van der Waals surface area contributed by atoms with Crippen LogP contribution in [0.2, 0.25) is 5.02 Å². The Labute approximate surface area is 158 Å². The number of carbonyl (C=O) groups is 1. The smallest absolute Gasteiger partial charge is 0.272 e. The number of aromatic nitrogens is 2. The average molecular weight is 378 g/mol. The standard InChI is InChI=1S/C19H24ClN3O3/c1-11-8-15-17(12(2)26-11)21-23(4)18(15)19(24)22(3)10-13-9-14(20)6-7-16(13)25-5/h6-7,9,11-12H,8,10H2,1-5H3/t11-,12+/m1/s1. The van der Waals surface area contributed by atoms with Crippen LogP contribution in [0.15, 0.2) is 18.2 Å². The number of amides is 1. The second-order valence-corrected chi connectivity index (χ2v) is 7.18. The number of methoxy groups -OCH3 is 1. The number of ether oxygens (including phenoxy) is 2. The summed E-state index contributed by atoms with van der Waals surface area (Å²) in [6, 6.07) is 5.40. The van der Waals surface area contributed by atoms with Gasteiger partial charge in [-0.15, -0.1) is 0 Å². The molecule has 7 heteroatoms. The van der Waals surface area contributed by atoms with Gasteiger partial charge in [0.1, 0.15) is 11.4 Å². The number of carbonyl (C=O) groups excluding carboxylic acids is 1. The van der Waals surface area contributed by atoms with Crippen molar-refractivity contribution in [3.05, 3.63) is 45.7 Å². The van der Waals surface area contributed by atoms with E-state index in [1.54, 1.807) is 36.9 Å². The topological polar surface area (TPSA) is 56.6 Å². The largest absolute Gasteiger partial charge is 0.496 e. The summed E-state index contributed by atoms with van der Waals surface area (Å²) >= 11 is 6.10. The van der Waals surface area contributed by atoms with Crippen molar-refractivity contribution in [2.45, 2.75) is 39.0 Å². The molecule has 0 fully saturated rings. The molecule has 3 rings (SSSR count). The van der Waals surface area contributed by atoms with Crippen LogP contribution >= 0.6 is 11.6 Å². The van der Waals surface area contributed by atoms with Gasteiger partial charge in [0, 0.05) is 43.2 Å². The summed E-state index contributed by atoms with van der Waals surface area (Å²) in [5.41, 5.74) is 3.30. The fraction of sp³-hybridized carbons (Fsp3) is 0.474. The maximum absolute atomic E-state index is 13.2. The predicted molar refractivity (Wildman–Crippen MR) is 99.7 cm³/mol. The van der Waals surface area contributed by atoms with Gasteiger partial charge in [0.15, 0.2) is 0 Å². The Morgan fingerprint density at radius 3 is 2.88 bits per heavy atom. The predicted octanol–water partition coefficient (Wildman–Crippen LogP) is 3.38. The molecule has 26 heavy (non-hydrogen) atoms. The Balaban J connectivity index is 1.90. The van der Waals surface area contributed by atoms with Gasteiger partial charge in [0.25, 0.3) is 5.91 Å². The van der Waals surface area contributed by atoms with Crippen molar-refractivity contribution in [3.63, 3.8) is 0 Å². The molecule has 0 N–H and O–H groups in total. The van der Waals surface area contributed by atoms with E-state index < -0.39 is 0 Å². The first-order valence-corrected chi connectivity index (χ1v) is 8.98. The van der Waals surface area contributed by atoms with Crippen LogP contribution in [0.1, 0.15) is 47.3 Å². The van der Waals surface area contributed by atoms with Crippen LogP contribution in [0, 0.1) is 0 Å². The first-order chi connectivity index (χ1) is 12.3. The molecule has 0 spiro atoms. The Kier molecular flexibility index (Phi) is 5.25. The molecule has 0 saturated heterocycles. The van der Waals surface area contributed by atoms with Crippen molar-refractivity contribution >= 4 is 17.5 Å². The van der Waals surface area contributed by atoms with Crippen molar-refractivity contribution in [2.75, 3.05) is 14.2 Å². The van der Waals surface area contributed by atoms with Crippen molar-refractivity contribution in [1.29, 1.82) is 0 Å². The Hall–Kier alpha value is -2.05. The zero-order valence-electron chi connectivity index (χ0n) is 15.7. The fourth-order valence-electron chi connectivity index (χ4n) is 3.51. The normalized spacial score (nSPS) is 19.2. The molecular weight excluding hydrogens is 354 g/mol. The molecule has 1 aliphatic heterocycles. The van der Waals surface area contributed by atoms with Crippen LogP contribution in [-0.4, -0.2) is 40.8 Å². The highest BCUT2D eigenvalue weighted by Crippen LogP contribution is 2.32. The van der Waals surface area contributed by atoms with Crippen LogP contribution in [0.5, 0.6) is 5.75 Å². The van der Waals surface area contributed by atoms with Gasteiger partial charge < -0.3 is 14.4 Å². The van der Waals surface area contributed by atoms with E-state index in [1.165, 1.54) is 0 Å². The second kappa shape index (κ2) is 7.29. The number of nitrogens with zero attached hydrogens (tertiary/aromatic N) is 3. The molecule has 140 valence electrons. The number of hydrogen-bond donors (Lipinski definition) is 0. The molecule has 6 nitrogen and oxygen atoms in total. The number of hydrogen-bond acceptors (Lipinski definition) is 4. The summed E-state index contributed by atoms with van der Waals surface area (Å²) in [7, 11) is 5.18. The summed E-state index contributed by atoms with van der Waals surface area (Å²) < 4.78 is 12.9. The molecule has 0 unspecified atom stereocenters. The minimum atomic E-state index is -0.111. The third-order valence-corrected chi connectivity index (χ3v) is 4.92. The lowest BCUT2D eigenvalue weighted by Crippen LogP contribution is -2.30. The molecule has 0 bridgehead atoms. The van der Waals surface area contributed by atoms with Crippen LogP contribution in [0.25, 0.3) is 0 Å². The highest BCUT2D eigenvalue weighted by Gasteiger charge is 2.32. The third kappa shape index (κ3) is 3.44. The number of halogens is 1. The first-order valence-electron chi connectivity index (χ1n) is 8.61. The highest BCUT2D eigenvalue weighted by molar-refractivity contribution is 6.30. The van der Waals surface area contributed by atoms with Crippen molar-refractivity contribution < 1.29 is 14.3 Å². The van der Waals surface area contributed by atoms with Gasteiger partial charge in [-0.1, -0.05) is 11.6 Å². The minimum Gasteiger partial charge on any atom is -0.496 e. The molecule has 1 aromatic heterocycles. The molecule has 1 amide bonds. The van der Waals surface area contributed by atoms with Gasteiger partial charge in [-0.3, -0.25) is 9.48 Å². The zero-order chi connectivity index (χ0) is 19.0. The van der Waals surface area contributed by atoms with E-state index >= 15 is 0 Å². The number of benzene rings is 1. The molecular formula is C19H24ClN3O3. The van der Waals surface area contributed by atoms with Crippen molar-refractivity contribution in [3.8, 4) is 5.75 Å². The zero-order valence-corrected chi connectivity index (χ0v) is 16.5. The van der Waals surface area contributed by atoms with Gasteiger partial charge in [-0.25, -0.2) is 0 Å². The Morgan fingerprint density at radius 2 is 2.19 bits per heavy atom. The highest BCUT2D eigenvalue weighted by atomic mass is 35.5. The minimum absolute atomic E-state index is 0.0616. The maximum Gasteiger partial charge on any atom is 0.272 e. The summed E-state index contributed by atoms with van der Waals surface area (Å²) in [5.74, 6) is 0.626. The molecule has 1 aliphatic rings. The van der Waals surface area contributed by atoms with Crippen molar-refractivity contribution in [2.24, 2.45) is 7.05 Å². The van der Waals surface area contributed by atoms with E-state index in [-0.39, 0.29) is 18.1 Å². The SMILES string of the molecule is COc1ccc(Cl)cc1CN(C)C(=O)c1c2c(nn1C)[C@H](C)O[C@H](C)C2. The molecule has 2 heterocycles. The van der Waals surface area contributed by atoms with E-state index in [0.29, 0.717) is 29.4 Å². The monoisotopic (exact) mass is 377 g/mol. The fourth-order valence-corrected chi connectivity index (χ4v) is 3.71. The summed E-state index contributed by atoms with van der Waals surface area (Å²) in [5, 5.41) is 5.13. The second-order valence-electron chi connectivity index (χ2n) is 6.75. The van der Waals surface area contributed by atoms with Crippen LogP contribution in [0.4, 0.5) is 0 Å². The van der Waals surface area contributed by atoms with E-state index in [9.17, 15) is 4.79 Å². The summed E-state index contributed by atoms with van der Waals surface area (Å²) in [6.45, 7) is 4.38. The molecule has 0 radical (unpaired) electrons. The lowest BCUT2D eigenvalue weighted by molar-refractivity contribution is -0.00713. The van der Waals surface area contributed by atoms with Gasteiger partial charge in [-0.2, -0.15) is 5.10 Å². The van der Waals surface area contributed by atoms with Crippen LogP contribution < -0.4 is 4.74 Å². The molecule has 2 aromatic rings. The molecule has 0 aliphatic carbocycles. The Morgan fingerprint density at radius 1 is 1.46 bits per heavy atom.